The fraction of sp³-hybridized carbons (Fsp3) is 0.562. The Kier molecular flexibility index (Phi) is 4.59. The molecular formula is C16H23NO2. The molecule has 0 spiro atoms. The van der Waals surface area contributed by atoms with E-state index in [1.165, 1.54) is 12.8 Å². The second kappa shape index (κ2) is 6.20. The van der Waals surface area contributed by atoms with Gasteiger partial charge in [0.2, 0.25) is 0 Å². The largest absolute Gasteiger partial charge is 0.497 e. The minimum atomic E-state index is -0.0313. The normalized spacial score (nSPS) is 21.9. The van der Waals surface area contributed by atoms with Gasteiger partial charge < -0.3 is 4.74 Å². The highest BCUT2D eigenvalue weighted by Crippen LogP contribution is 2.20. The lowest BCUT2D eigenvalue weighted by Crippen LogP contribution is -2.44. The minimum Gasteiger partial charge on any atom is -0.497 e. The Labute approximate surface area is 115 Å². The fourth-order valence-corrected chi connectivity index (χ4v) is 2.74. The van der Waals surface area contributed by atoms with E-state index < -0.39 is 0 Å². The molecule has 2 unspecified atom stereocenters. The predicted molar refractivity (Wildman–Crippen MR) is 76.8 cm³/mol. The van der Waals surface area contributed by atoms with Crippen LogP contribution in [-0.2, 0) is 0 Å². The number of rotatable bonds is 4. The van der Waals surface area contributed by atoms with E-state index in [0.717, 1.165) is 24.4 Å². The van der Waals surface area contributed by atoms with Crippen molar-refractivity contribution in [3.05, 3.63) is 29.8 Å². The number of benzene rings is 1. The quantitative estimate of drug-likeness (QED) is 0.780. The zero-order valence-corrected chi connectivity index (χ0v) is 12.1. The monoisotopic (exact) mass is 261 g/mol. The van der Waals surface area contributed by atoms with Gasteiger partial charge in [-0.3, -0.25) is 9.69 Å². The molecule has 1 aliphatic rings. The summed E-state index contributed by atoms with van der Waals surface area (Å²) in [6.45, 7) is 6.35. The summed E-state index contributed by atoms with van der Waals surface area (Å²) in [6.07, 6.45) is 2.47. The third-order valence-corrected chi connectivity index (χ3v) is 3.99. The maximum atomic E-state index is 12.5. The van der Waals surface area contributed by atoms with Gasteiger partial charge in [-0.2, -0.15) is 0 Å². The van der Waals surface area contributed by atoms with Gasteiger partial charge in [-0.25, -0.2) is 0 Å². The van der Waals surface area contributed by atoms with Gasteiger partial charge >= 0.3 is 0 Å². The molecule has 3 heteroatoms. The van der Waals surface area contributed by atoms with Crippen LogP contribution in [0.25, 0.3) is 0 Å². The molecule has 1 aliphatic heterocycles. The van der Waals surface area contributed by atoms with Crippen molar-refractivity contribution in [1.82, 2.24) is 4.90 Å². The zero-order chi connectivity index (χ0) is 13.8. The Morgan fingerprint density at radius 1 is 1.37 bits per heavy atom. The predicted octanol–water partition coefficient (Wildman–Crippen LogP) is 3.00. The van der Waals surface area contributed by atoms with Crippen molar-refractivity contribution in [2.45, 2.75) is 32.7 Å². The van der Waals surface area contributed by atoms with Crippen LogP contribution in [0.4, 0.5) is 0 Å². The summed E-state index contributed by atoms with van der Waals surface area (Å²) in [7, 11) is 1.63. The smallest absolute Gasteiger partial charge is 0.179 e. The molecule has 0 aromatic heterocycles. The Balaban J connectivity index is 2.05. The van der Waals surface area contributed by atoms with E-state index in [1.807, 2.05) is 31.2 Å². The first kappa shape index (κ1) is 14.1. The number of piperidine rings is 1. The van der Waals surface area contributed by atoms with E-state index in [4.69, 9.17) is 4.74 Å². The Morgan fingerprint density at radius 3 is 2.63 bits per heavy atom. The van der Waals surface area contributed by atoms with E-state index in [2.05, 4.69) is 11.8 Å². The second-order valence-corrected chi connectivity index (χ2v) is 5.51. The van der Waals surface area contributed by atoms with E-state index in [0.29, 0.717) is 5.92 Å². The minimum absolute atomic E-state index is 0.0313. The van der Waals surface area contributed by atoms with Crippen LogP contribution in [0.1, 0.15) is 37.0 Å². The van der Waals surface area contributed by atoms with Gasteiger partial charge in [-0.05, 0) is 56.5 Å². The van der Waals surface area contributed by atoms with Crippen LogP contribution in [0, 0.1) is 5.92 Å². The number of ketones is 1. The Bertz CT molecular complexity index is 427. The molecule has 1 aromatic rings. The maximum Gasteiger partial charge on any atom is 0.179 e. The number of nitrogens with zero attached hydrogens (tertiary/aromatic N) is 1. The number of ether oxygens (including phenoxy) is 1. The summed E-state index contributed by atoms with van der Waals surface area (Å²) >= 11 is 0. The molecule has 1 heterocycles. The molecule has 0 aliphatic carbocycles. The molecule has 2 rings (SSSR count). The summed E-state index contributed by atoms with van der Waals surface area (Å²) in [5, 5.41) is 0. The van der Waals surface area contributed by atoms with Crippen molar-refractivity contribution >= 4 is 5.78 Å². The third-order valence-electron chi connectivity index (χ3n) is 3.99. The van der Waals surface area contributed by atoms with Gasteiger partial charge in [0, 0.05) is 12.1 Å². The van der Waals surface area contributed by atoms with Crippen molar-refractivity contribution in [3.8, 4) is 5.75 Å². The van der Waals surface area contributed by atoms with Crippen LogP contribution in [-0.4, -0.2) is 36.9 Å². The van der Waals surface area contributed by atoms with Crippen molar-refractivity contribution in [1.29, 1.82) is 0 Å². The number of carbonyl (C=O) groups is 1. The summed E-state index contributed by atoms with van der Waals surface area (Å²) in [5.74, 6) is 1.69. The van der Waals surface area contributed by atoms with Crippen LogP contribution < -0.4 is 4.74 Å². The highest BCUT2D eigenvalue weighted by atomic mass is 16.5. The topological polar surface area (TPSA) is 29.5 Å². The molecular weight excluding hydrogens is 238 g/mol. The summed E-state index contributed by atoms with van der Waals surface area (Å²) in [5.41, 5.74) is 0.770. The lowest BCUT2D eigenvalue weighted by atomic mass is 9.96. The standard InChI is InChI=1S/C16H23NO2/c1-12-5-4-10-17(11-12)13(2)16(18)14-6-8-15(19-3)9-7-14/h6-9,12-13H,4-5,10-11H2,1-3H3. The molecule has 2 atom stereocenters. The van der Waals surface area contributed by atoms with Gasteiger partial charge in [0.25, 0.3) is 0 Å². The molecule has 0 N–H and O–H groups in total. The van der Waals surface area contributed by atoms with E-state index in [9.17, 15) is 4.79 Å². The summed E-state index contributed by atoms with van der Waals surface area (Å²) in [4.78, 5) is 14.8. The number of carbonyl (C=O) groups excluding carboxylic acids is 1. The summed E-state index contributed by atoms with van der Waals surface area (Å²) < 4.78 is 5.12. The molecule has 0 amide bonds. The first-order valence-electron chi connectivity index (χ1n) is 7.04. The van der Waals surface area contributed by atoms with Crippen LogP contribution in [0.5, 0.6) is 5.75 Å². The third kappa shape index (κ3) is 3.35. The molecule has 0 saturated carbocycles. The molecule has 0 radical (unpaired) electrons. The van der Waals surface area contributed by atoms with Gasteiger partial charge in [0.1, 0.15) is 5.75 Å². The first-order chi connectivity index (χ1) is 9.11. The number of Topliss-reactive ketones (excluding diaryl/α,β-unsaturated/α-hetero) is 1. The van der Waals surface area contributed by atoms with Crippen LogP contribution >= 0.6 is 0 Å². The average molecular weight is 261 g/mol. The molecule has 0 bridgehead atoms. The molecule has 19 heavy (non-hydrogen) atoms. The lowest BCUT2D eigenvalue weighted by molar-refractivity contribution is 0.0765. The molecule has 1 aromatic carbocycles. The van der Waals surface area contributed by atoms with E-state index in [-0.39, 0.29) is 11.8 Å². The number of likely N-dealkylation sites (tertiary alicyclic amines) is 1. The fourth-order valence-electron chi connectivity index (χ4n) is 2.74. The van der Waals surface area contributed by atoms with Crippen molar-refractivity contribution in [3.63, 3.8) is 0 Å². The summed E-state index contributed by atoms with van der Waals surface area (Å²) in [6, 6.07) is 7.37. The SMILES string of the molecule is COc1ccc(C(=O)C(C)N2CCCC(C)C2)cc1. The van der Waals surface area contributed by atoms with Gasteiger partial charge in [0.05, 0.1) is 13.2 Å². The van der Waals surface area contributed by atoms with Crippen molar-refractivity contribution in [2.24, 2.45) is 5.92 Å². The number of hydrogen-bond acceptors (Lipinski definition) is 3. The molecule has 1 saturated heterocycles. The molecule has 1 fully saturated rings. The van der Waals surface area contributed by atoms with Crippen LogP contribution in [0.15, 0.2) is 24.3 Å². The van der Waals surface area contributed by atoms with Crippen LogP contribution in [0.2, 0.25) is 0 Å². The Hall–Kier alpha value is -1.35. The highest BCUT2D eigenvalue weighted by Gasteiger charge is 2.26. The Morgan fingerprint density at radius 2 is 2.05 bits per heavy atom. The zero-order valence-electron chi connectivity index (χ0n) is 12.1. The second-order valence-electron chi connectivity index (χ2n) is 5.51. The number of methoxy groups -OCH3 is 1. The van der Waals surface area contributed by atoms with Gasteiger partial charge in [0.15, 0.2) is 5.78 Å². The maximum absolute atomic E-state index is 12.5. The van der Waals surface area contributed by atoms with Crippen molar-refractivity contribution < 1.29 is 9.53 Å². The number of hydrogen-bond donors (Lipinski definition) is 0. The van der Waals surface area contributed by atoms with E-state index in [1.54, 1.807) is 7.11 Å². The lowest BCUT2D eigenvalue weighted by Gasteiger charge is -2.34. The van der Waals surface area contributed by atoms with Crippen molar-refractivity contribution in [2.75, 3.05) is 20.2 Å². The van der Waals surface area contributed by atoms with Gasteiger partial charge in [-0.15, -0.1) is 0 Å². The average Bonchev–Trinajstić information content (AvgIpc) is 2.46. The highest BCUT2D eigenvalue weighted by molar-refractivity contribution is 5.99. The molecule has 3 nitrogen and oxygen atoms in total. The van der Waals surface area contributed by atoms with Gasteiger partial charge in [-0.1, -0.05) is 6.92 Å². The van der Waals surface area contributed by atoms with E-state index >= 15 is 0 Å². The first-order valence-corrected chi connectivity index (χ1v) is 7.04. The van der Waals surface area contributed by atoms with Crippen LogP contribution in [0.3, 0.4) is 0 Å². The molecule has 104 valence electrons.